The van der Waals surface area contributed by atoms with Gasteiger partial charge in [0.05, 0.1) is 65.6 Å². The van der Waals surface area contributed by atoms with Crippen molar-refractivity contribution in [1.82, 2.24) is 23.3 Å². The van der Waals surface area contributed by atoms with Gasteiger partial charge >= 0.3 is 0 Å². The van der Waals surface area contributed by atoms with Crippen LogP contribution in [-0.2, 0) is 0 Å². The number of aromatic nitrogens is 5. The number of aryl methyl sites for hydroxylation is 6. The smallest absolute Gasteiger partial charge is 0.127 e. The predicted octanol–water partition coefficient (Wildman–Crippen LogP) is 23.1. The molecule has 5 aromatic heterocycles. The second-order valence-electron chi connectivity index (χ2n) is 25.5. The van der Waals surface area contributed by atoms with Gasteiger partial charge in [0, 0.05) is 76.8 Å². The molecule has 0 N–H and O–H groups in total. The number of benzene rings is 13. The Bertz CT molecular complexity index is 5970. The van der Waals surface area contributed by atoms with E-state index < -0.39 is 0 Å². The lowest BCUT2D eigenvalue weighted by molar-refractivity contribution is 1.16. The Balaban J connectivity index is 0.980. The van der Waals surface area contributed by atoms with Crippen molar-refractivity contribution in [3.63, 3.8) is 0 Å². The quantitative estimate of drug-likeness (QED) is 0.152. The van der Waals surface area contributed by atoms with Gasteiger partial charge in [0.1, 0.15) is 11.1 Å². The van der Waals surface area contributed by atoms with Gasteiger partial charge in [0.15, 0.2) is 0 Å². The molecule has 0 amide bonds. The molecule has 18 aromatic rings. The average molecular weight is 1210 g/mol. The fraction of sp³-hybridized carbons (Fsp3) is 0.0698. The van der Waals surface area contributed by atoms with Gasteiger partial charge in [-0.1, -0.05) is 155 Å². The first-order chi connectivity index (χ1) is 45.5. The molecule has 440 valence electrons. The van der Waals surface area contributed by atoms with Crippen molar-refractivity contribution in [2.24, 2.45) is 0 Å². The molecular formula is C86H60N6S. The Morgan fingerprint density at radius 1 is 0.301 bits per heavy atom. The van der Waals surface area contributed by atoms with E-state index in [-0.39, 0.29) is 0 Å². The monoisotopic (exact) mass is 1210 g/mol. The fourth-order valence-electron chi connectivity index (χ4n) is 15.2. The summed E-state index contributed by atoms with van der Waals surface area (Å²) in [4.78, 5) is 5.66. The van der Waals surface area contributed by atoms with Gasteiger partial charge in [-0.15, -0.1) is 11.3 Å². The van der Waals surface area contributed by atoms with Gasteiger partial charge in [0.25, 0.3) is 0 Å². The number of thiazole rings is 1. The Hall–Kier alpha value is -11.6. The molecule has 0 saturated carbocycles. The normalized spacial score (nSPS) is 12.0. The molecule has 93 heavy (non-hydrogen) atoms. The van der Waals surface area contributed by atoms with E-state index in [9.17, 15) is 5.26 Å². The summed E-state index contributed by atoms with van der Waals surface area (Å²) in [6.45, 7) is 13.0. The van der Waals surface area contributed by atoms with Crippen LogP contribution in [0.1, 0.15) is 38.9 Å². The first-order valence-electron chi connectivity index (χ1n) is 31.9. The van der Waals surface area contributed by atoms with Crippen LogP contribution in [0.15, 0.2) is 255 Å². The SMILES string of the molecule is Cc1ccc2c(c1)c1cc(C)ccc1n2-c1ccc(-c2c(C#N)c(-n3c4ccccc4c4ccccc43)c(-c3nc4ccccc4s3)c(-c3ccc(-n4c5ccc(C)cc5c5cc(C)ccc54)cc3)c2-c2ccc(-n3c4ccc(C)cc4c4cc(C)ccc43)cc2)cc1. The molecule has 0 atom stereocenters. The molecule has 0 aliphatic carbocycles. The molecule has 0 aliphatic rings. The second kappa shape index (κ2) is 20.7. The van der Waals surface area contributed by atoms with Crippen LogP contribution in [0.25, 0.3) is 164 Å². The maximum Gasteiger partial charge on any atom is 0.127 e. The predicted molar refractivity (Wildman–Crippen MR) is 392 cm³/mol. The van der Waals surface area contributed by atoms with Crippen LogP contribution in [0.2, 0.25) is 0 Å². The van der Waals surface area contributed by atoms with Crippen LogP contribution in [0, 0.1) is 52.9 Å². The Morgan fingerprint density at radius 3 is 0.968 bits per heavy atom. The molecule has 0 unspecified atom stereocenters. The number of hydrogen-bond donors (Lipinski definition) is 0. The van der Waals surface area contributed by atoms with Gasteiger partial charge in [-0.05, 0) is 197 Å². The van der Waals surface area contributed by atoms with E-state index in [1.807, 2.05) is 0 Å². The summed E-state index contributed by atoms with van der Waals surface area (Å²) < 4.78 is 10.6. The molecule has 0 bridgehead atoms. The maximum absolute atomic E-state index is 12.7. The number of hydrogen-bond acceptors (Lipinski definition) is 3. The first kappa shape index (κ1) is 54.4. The minimum Gasteiger partial charge on any atom is -0.309 e. The minimum absolute atomic E-state index is 0.551. The van der Waals surface area contributed by atoms with E-state index in [1.165, 1.54) is 65.7 Å². The minimum atomic E-state index is 0.551. The number of rotatable bonds is 8. The molecule has 13 aromatic carbocycles. The third-order valence-electron chi connectivity index (χ3n) is 19.4. The lowest BCUT2D eigenvalue weighted by atomic mass is 9.80. The van der Waals surface area contributed by atoms with E-state index >= 15 is 0 Å². The van der Waals surface area contributed by atoms with E-state index in [0.29, 0.717) is 5.56 Å². The average Bonchev–Trinajstić information content (AvgIpc) is 1.34. The number of fused-ring (bicyclic) bond motifs is 13. The summed E-state index contributed by atoms with van der Waals surface area (Å²) in [6, 6.07) is 96.8. The molecule has 6 nitrogen and oxygen atoms in total. The van der Waals surface area contributed by atoms with E-state index in [2.05, 4.69) is 321 Å². The highest BCUT2D eigenvalue weighted by molar-refractivity contribution is 7.21. The van der Waals surface area contributed by atoms with Gasteiger partial charge in [-0.25, -0.2) is 4.98 Å². The molecule has 5 heterocycles. The van der Waals surface area contributed by atoms with Crippen molar-refractivity contribution in [2.45, 2.75) is 41.5 Å². The summed E-state index contributed by atoms with van der Waals surface area (Å²) in [5, 5.41) is 23.1. The third kappa shape index (κ3) is 8.35. The van der Waals surface area contributed by atoms with Crippen LogP contribution in [0.4, 0.5) is 0 Å². The molecule has 0 aliphatic heterocycles. The zero-order valence-electron chi connectivity index (χ0n) is 52.3. The number of nitrogens with zero attached hydrogens (tertiary/aromatic N) is 6. The molecule has 0 saturated heterocycles. The van der Waals surface area contributed by atoms with Gasteiger partial charge in [0.2, 0.25) is 0 Å². The number of para-hydroxylation sites is 3. The highest BCUT2D eigenvalue weighted by Crippen LogP contribution is 2.54. The summed E-state index contributed by atoms with van der Waals surface area (Å²) >= 11 is 1.68. The molecule has 7 heteroatoms. The third-order valence-corrected chi connectivity index (χ3v) is 20.4. The maximum atomic E-state index is 12.7. The Kier molecular flexibility index (Phi) is 12.1. The van der Waals surface area contributed by atoms with Crippen LogP contribution in [0.3, 0.4) is 0 Å². The van der Waals surface area contributed by atoms with Crippen molar-refractivity contribution >= 4 is 109 Å². The fourth-order valence-corrected chi connectivity index (χ4v) is 16.2. The zero-order valence-corrected chi connectivity index (χ0v) is 53.2. The van der Waals surface area contributed by atoms with E-state index in [1.54, 1.807) is 11.3 Å². The lowest BCUT2D eigenvalue weighted by Crippen LogP contribution is -2.07. The van der Waals surface area contributed by atoms with Crippen molar-refractivity contribution in [3.05, 3.63) is 294 Å². The molecule has 0 spiro atoms. The first-order valence-corrected chi connectivity index (χ1v) is 32.7. The van der Waals surface area contributed by atoms with Crippen LogP contribution >= 0.6 is 11.3 Å². The molecule has 0 radical (unpaired) electrons. The highest BCUT2D eigenvalue weighted by atomic mass is 32.1. The summed E-state index contributed by atoms with van der Waals surface area (Å²) in [5.41, 5.74) is 28.1. The van der Waals surface area contributed by atoms with Gasteiger partial charge < -0.3 is 18.3 Å². The largest absolute Gasteiger partial charge is 0.309 e. The Morgan fingerprint density at radius 2 is 0.613 bits per heavy atom. The van der Waals surface area contributed by atoms with E-state index in [0.717, 1.165) is 132 Å². The van der Waals surface area contributed by atoms with Crippen LogP contribution in [-0.4, -0.2) is 23.3 Å². The van der Waals surface area contributed by atoms with E-state index in [4.69, 9.17) is 4.98 Å². The standard InChI is InChI=1S/C86H60N6S/c1-50-19-37-74-64(43-50)65-44-51(2)20-38-75(65)89(74)59-31-25-56(26-32-59)81-70(49-87)85(92-72-16-10-7-13-62(72)63-14-8-11-17-73(63)92)84(86-88-71-15-9-12-18-80(71)93-86)83(58-29-35-61(36-30-58)91-78-41-23-54(5)47-68(78)69-48-55(6)24-42-79(69)91)82(81)57-27-33-60(34-28-57)90-76-39-21-52(3)45-66(76)67-46-53(4)22-40-77(67)90/h7-48H,1-6H3. The van der Waals surface area contributed by atoms with Crippen molar-refractivity contribution < 1.29 is 0 Å². The second-order valence-corrected chi connectivity index (χ2v) is 26.5. The molecular weight excluding hydrogens is 1150 g/mol. The van der Waals surface area contributed by atoms with Gasteiger partial charge in [-0.3, -0.25) is 0 Å². The molecule has 0 fully saturated rings. The highest BCUT2D eigenvalue weighted by Gasteiger charge is 2.33. The van der Waals surface area contributed by atoms with Crippen molar-refractivity contribution in [3.8, 4) is 72.8 Å². The van der Waals surface area contributed by atoms with Crippen LogP contribution in [0.5, 0.6) is 0 Å². The zero-order chi connectivity index (χ0) is 62.5. The van der Waals surface area contributed by atoms with Crippen molar-refractivity contribution in [1.29, 1.82) is 5.26 Å². The summed E-state index contributed by atoms with van der Waals surface area (Å²) in [7, 11) is 0. The van der Waals surface area contributed by atoms with Gasteiger partial charge in [-0.2, -0.15) is 5.26 Å². The van der Waals surface area contributed by atoms with Crippen LogP contribution < -0.4 is 0 Å². The summed E-state index contributed by atoms with van der Waals surface area (Å²) in [6.07, 6.45) is 0. The lowest BCUT2D eigenvalue weighted by Gasteiger charge is -2.26. The summed E-state index contributed by atoms with van der Waals surface area (Å²) in [5.74, 6) is 0. The van der Waals surface area contributed by atoms with Crippen molar-refractivity contribution in [2.75, 3.05) is 0 Å². The topological polar surface area (TPSA) is 56.4 Å². The Labute approximate surface area is 542 Å². The molecule has 18 rings (SSSR count). The number of nitriles is 1.